The van der Waals surface area contributed by atoms with Crippen molar-refractivity contribution < 1.29 is 8.42 Å². The van der Waals surface area contributed by atoms with E-state index in [1.54, 1.807) is 6.20 Å². The van der Waals surface area contributed by atoms with Gasteiger partial charge in [-0.25, -0.2) is 0 Å². The van der Waals surface area contributed by atoms with Gasteiger partial charge in [-0.15, -0.1) is 5.10 Å². The number of hydrogen-bond donors (Lipinski definition) is 1. The second kappa shape index (κ2) is 5.47. The van der Waals surface area contributed by atoms with Crippen LogP contribution >= 0.6 is 0 Å². The van der Waals surface area contributed by atoms with Crippen LogP contribution in [0.2, 0.25) is 0 Å². The molecular formula is C7H11N3O2S. The predicted molar refractivity (Wildman–Crippen MR) is 48.9 cm³/mol. The molecule has 1 aromatic heterocycles. The highest BCUT2D eigenvalue weighted by molar-refractivity contribution is 7.71. The third kappa shape index (κ3) is 4.41. The fraction of sp³-hybridized carbons (Fsp3) is 0.571. The number of aryl methyl sites for hydroxylation is 1. The molecule has 72 valence electrons. The standard InChI is InChI=1S/C7H11N3O2S/c11-13(12)5-3-1-2-4-7-6-8-10-9-7/h5-6H,1-4H2,(H,8,9,10). The number of nitrogens with one attached hydrogen (secondary N) is 1. The summed E-state index contributed by atoms with van der Waals surface area (Å²) in [6.45, 7) is 0. The summed E-state index contributed by atoms with van der Waals surface area (Å²) < 4.78 is 20.2. The molecule has 0 aliphatic heterocycles. The van der Waals surface area contributed by atoms with Crippen LogP contribution in [-0.4, -0.2) is 29.2 Å². The van der Waals surface area contributed by atoms with Crippen LogP contribution < -0.4 is 0 Å². The van der Waals surface area contributed by atoms with E-state index >= 15 is 0 Å². The molecule has 6 heteroatoms. The lowest BCUT2D eigenvalue weighted by atomic mass is 10.2. The first-order valence-corrected chi connectivity index (χ1v) is 5.19. The van der Waals surface area contributed by atoms with Crippen molar-refractivity contribution in [1.29, 1.82) is 0 Å². The van der Waals surface area contributed by atoms with E-state index < -0.39 is 10.3 Å². The molecule has 1 aromatic rings. The molecule has 0 spiro atoms. The molecule has 13 heavy (non-hydrogen) atoms. The lowest BCUT2D eigenvalue weighted by Gasteiger charge is -1.92. The Bertz CT molecular complexity index is 347. The maximum atomic E-state index is 10.1. The highest BCUT2D eigenvalue weighted by Gasteiger charge is 1.94. The second-order valence-electron chi connectivity index (χ2n) is 2.64. The summed E-state index contributed by atoms with van der Waals surface area (Å²) in [5.74, 6) is 0. The summed E-state index contributed by atoms with van der Waals surface area (Å²) in [4.78, 5) is 0. The van der Waals surface area contributed by atoms with E-state index in [4.69, 9.17) is 0 Å². The molecule has 0 saturated heterocycles. The van der Waals surface area contributed by atoms with Gasteiger partial charge in [0.15, 0.2) is 0 Å². The number of aromatic amines is 1. The quantitative estimate of drug-likeness (QED) is 0.545. The van der Waals surface area contributed by atoms with Crippen LogP contribution in [0.4, 0.5) is 0 Å². The van der Waals surface area contributed by atoms with Crippen LogP contribution in [0.3, 0.4) is 0 Å². The Morgan fingerprint density at radius 2 is 2.31 bits per heavy atom. The summed E-state index contributed by atoms with van der Waals surface area (Å²) in [6.07, 6.45) is 4.99. The van der Waals surface area contributed by atoms with Crippen molar-refractivity contribution in [2.45, 2.75) is 25.7 Å². The van der Waals surface area contributed by atoms with Gasteiger partial charge in [-0.05, 0) is 25.7 Å². The Morgan fingerprint density at radius 3 is 2.92 bits per heavy atom. The van der Waals surface area contributed by atoms with Crippen molar-refractivity contribution >= 4 is 15.7 Å². The number of rotatable bonds is 5. The third-order valence-corrected chi connectivity index (χ3v) is 2.12. The zero-order chi connectivity index (χ0) is 9.52. The normalized spacial score (nSPS) is 9.85. The maximum Gasteiger partial charge on any atom is 0.209 e. The highest BCUT2D eigenvalue weighted by atomic mass is 32.2. The molecular weight excluding hydrogens is 190 g/mol. The highest BCUT2D eigenvalue weighted by Crippen LogP contribution is 2.00. The molecule has 0 unspecified atom stereocenters. The van der Waals surface area contributed by atoms with Gasteiger partial charge < -0.3 is 0 Å². The van der Waals surface area contributed by atoms with Gasteiger partial charge in [-0.2, -0.15) is 8.42 Å². The van der Waals surface area contributed by atoms with Crippen molar-refractivity contribution in [1.82, 2.24) is 15.4 Å². The molecule has 0 saturated carbocycles. The van der Waals surface area contributed by atoms with Gasteiger partial charge in [0.2, 0.25) is 10.3 Å². The minimum absolute atomic E-state index is 0.605. The van der Waals surface area contributed by atoms with Crippen LogP contribution in [0.5, 0.6) is 0 Å². The molecule has 0 aliphatic rings. The summed E-state index contributed by atoms with van der Waals surface area (Å²) in [5.41, 5.74) is 0.920. The van der Waals surface area contributed by atoms with Crippen molar-refractivity contribution in [3.63, 3.8) is 0 Å². The fourth-order valence-corrected chi connectivity index (χ4v) is 1.34. The van der Waals surface area contributed by atoms with E-state index in [1.807, 2.05) is 0 Å². The summed E-state index contributed by atoms with van der Waals surface area (Å²) in [6, 6.07) is 0. The van der Waals surface area contributed by atoms with Crippen molar-refractivity contribution in [3.05, 3.63) is 11.9 Å². The van der Waals surface area contributed by atoms with E-state index in [1.165, 1.54) is 5.37 Å². The minimum Gasteiger partial charge on any atom is -0.265 e. The molecule has 0 fully saturated rings. The molecule has 1 heterocycles. The minimum atomic E-state index is -2.01. The molecule has 0 atom stereocenters. The van der Waals surface area contributed by atoms with Gasteiger partial charge in [-0.1, -0.05) is 5.21 Å². The number of hydrogen-bond acceptors (Lipinski definition) is 4. The van der Waals surface area contributed by atoms with Gasteiger partial charge in [0.05, 0.1) is 5.69 Å². The van der Waals surface area contributed by atoms with Crippen molar-refractivity contribution in [2.75, 3.05) is 0 Å². The average Bonchev–Trinajstić information content (AvgIpc) is 2.55. The van der Waals surface area contributed by atoms with Crippen LogP contribution in [0.1, 0.15) is 25.0 Å². The Balaban J connectivity index is 2.12. The van der Waals surface area contributed by atoms with Crippen LogP contribution in [0.25, 0.3) is 0 Å². The molecule has 0 bridgehead atoms. The topological polar surface area (TPSA) is 75.7 Å². The zero-order valence-electron chi connectivity index (χ0n) is 7.10. The van der Waals surface area contributed by atoms with E-state index in [0.29, 0.717) is 6.42 Å². The van der Waals surface area contributed by atoms with Gasteiger partial charge in [0.1, 0.15) is 0 Å². The van der Waals surface area contributed by atoms with Crippen LogP contribution in [0.15, 0.2) is 6.20 Å². The average molecular weight is 201 g/mol. The van der Waals surface area contributed by atoms with E-state index in [9.17, 15) is 8.42 Å². The first-order valence-electron chi connectivity index (χ1n) is 4.06. The van der Waals surface area contributed by atoms with Gasteiger partial charge in [0.25, 0.3) is 0 Å². The monoisotopic (exact) mass is 201 g/mol. The Hall–Kier alpha value is -1.17. The molecule has 0 amide bonds. The van der Waals surface area contributed by atoms with E-state index in [0.717, 1.165) is 25.0 Å². The van der Waals surface area contributed by atoms with Crippen LogP contribution in [0, 0.1) is 0 Å². The zero-order valence-corrected chi connectivity index (χ0v) is 7.92. The number of aromatic nitrogens is 3. The van der Waals surface area contributed by atoms with E-state index in [2.05, 4.69) is 15.4 Å². The number of unbranched alkanes of at least 4 members (excludes halogenated alkanes) is 2. The Morgan fingerprint density at radius 1 is 1.46 bits per heavy atom. The molecule has 0 aromatic carbocycles. The van der Waals surface area contributed by atoms with Crippen molar-refractivity contribution in [3.8, 4) is 0 Å². The lowest BCUT2D eigenvalue weighted by molar-refractivity contribution is 0.627. The Labute approximate surface area is 77.7 Å². The smallest absolute Gasteiger partial charge is 0.209 e. The third-order valence-electron chi connectivity index (χ3n) is 1.61. The lowest BCUT2D eigenvalue weighted by Crippen LogP contribution is -1.86. The summed E-state index contributed by atoms with van der Waals surface area (Å²) in [7, 11) is -2.01. The van der Waals surface area contributed by atoms with Gasteiger partial charge >= 0.3 is 0 Å². The molecule has 1 N–H and O–H groups in total. The van der Waals surface area contributed by atoms with Gasteiger partial charge in [0, 0.05) is 11.6 Å². The summed E-state index contributed by atoms with van der Waals surface area (Å²) in [5, 5.41) is 11.3. The Kier molecular flexibility index (Phi) is 4.17. The predicted octanol–water partition coefficient (Wildman–Crippen LogP) is 0.199. The fourth-order valence-electron chi connectivity index (χ4n) is 0.978. The van der Waals surface area contributed by atoms with Crippen LogP contribution in [-0.2, 0) is 16.7 Å². The number of H-pyrrole nitrogens is 1. The molecule has 5 nitrogen and oxygen atoms in total. The van der Waals surface area contributed by atoms with E-state index in [-0.39, 0.29) is 0 Å². The molecule has 0 radical (unpaired) electrons. The first kappa shape index (κ1) is 9.91. The maximum absolute atomic E-state index is 10.1. The SMILES string of the molecule is O=S(=O)=CCCCCc1c[nH]nn1. The molecule has 1 rings (SSSR count). The largest absolute Gasteiger partial charge is 0.265 e. The summed E-state index contributed by atoms with van der Waals surface area (Å²) >= 11 is 0. The van der Waals surface area contributed by atoms with Gasteiger partial charge in [-0.3, -0.25) is 5.10 Å². The first-order chi connectivity index (χ1) is 6.29. The molecule has 0 aliphatic carbocycles. The number of nitrogens with zero attached hydrogens (tertiary/aromatic N) is 2. The second-order valence-corrected chi connectivity index (χ2v) is 3.49. The van der Waals surface area contributed by atoms with Crippen molar-refractivity contribution in [2.24, 2.45) is 0 Å².